The Morgan fingerprint density at radius 3 is 2.48 bits per heavy atom. The van der Waals surface area contributed by atoms with Crippen molar-refractivity contribution in [3.05, 3.63) is 39.4 Å². The maximum Gasteiger partial charge on any atom is 0.335 e. The minimum absolute atomic E-state index is 0.0706. The zero-order valence-electron chi connectivity index (χ0n) is 13.1. The van der Waals surface area contributed by atoms with Gasteiger partial charge in [0, 0.05) is 30.8 Å². The van der Waals surface area contributed by atoms with Crippen LogP contribution in [0.3, 0.4) is 0 Å². The Bertz CT molecular complexity index is 553. The van der Waals surface area contributed by atoms with E-state index in [0.717, 1.165) is 24.6 Å². The van der Waals surface area contributed by atoms with E-state index in [4.69, 9.17) is 9.84 Å². The van der Waals surface area contributed by atoms with Gasteiger partial charge in [-0.3, -0.25) is 14.9 Å². The van der Waals surface area contributed by atoms with Gasteiger partial charge in [0.05, 0.1) is 17.1 Å². The highest BCUT2D eigenvalue weighted by Gasteiger charge is 2.17. The van der Waals surface area contributed by atoms with Gasteiger partial charge >= 0.3 is 5.97 Å². The van der Waals surface area contributed by atoms with Crippen LogP contribution in [0.15, 0.2) is 18.2 Å². The molecular weight excluding hydrogens is 304 g/mol. The third-order valence-corrected chi connectivity index (χ3v) is 3.01. The Balaban J connectivity index is 2.61. The van der Waals surface area contributed by atoms with Crippen molar-refractivity contribution in [1.29, 1.82) is 0 Å². The predicted octanol–water partition coefficient (Wildman–Crippen LogP) is 2.09. The molecule has 0 atom stereocenters. The van der Waals surface area contributed by atoms with Crippen LogP contribution < -0.4 is 5.32 Å². The number of carboxylic acids is 1. The summed E-state index contributed by atoms with van der Waals surface area (Å²) in [6.07, 6.45) is 0.917. The van der Waals surface area contributed by atoms with Crippen LogP contribution in [0.1, 0.15) is 41.0 Å². The van der Waals surface area contributed by atoms with E-state index in [1.54, 1.807) is 0 Å². The number of benzene rings is 1. The Kier molecular flexibility index (Phi) is 7.14. The van der Waals surface area contributed by atoms with E-state index in [1.165, 1.54) is 0 Å². The highest BCUT2D eigenvalue weighted by molar-refractivity contribution is 5.98. The highest BCUT2D eigenvalue weighted by Crippen LogP contribution is 2.17. The van der Waals surface area contributed by atoms with Gasteiger partial charge in [-0.25, -0.2) is 4.79 Å². The Morgan fingerprint density at radius 2 is 1.91 bits per heavy atom. The first-order chi connectivity index (χ1) is 10.8. The van der Waals surface area contributed by atoms with Crippen LogP contribution in [0.5, 0.6) is 0 Å². The molecule has 0 aliphatic heterocycles. The molecule has 0 aliphatic rings. The summed E-state index contributed by atoms with van der Waals surface area (Å²) in [5, 5.41) is 22.3. The van der Waals surface area contributed by atoms with Crippen LogP contribution >= 0.6 is 0 Å². The number of rotatable bonds is 9. The average molecular weight is 324 g/mol. The minimum atomic E-state index is -1.33. The van der Waals surface area contributed by atoms with Crippen molar-refractivity contribution in [1.82, 2.24) is 5.32 Å². The second-order valence-corrected chi connectivity index (χ2v) is 5.38. The first-order valence-electron chi connectivity index (χ1n) is 7.20. The molecule has 2 N–H and O–H groups in total. The van der Waals surface area contributed by atoms with Gasteiger partial charge < -0.3 is 15.2 Å². The van der Waals surface area contributed by atoms with Gasteiger partial charge in [-0.05, 0) is 18.4 Å². The SMILES string of the molecule is CC(C)CCOCCNC(=O)c1cc(C(=O)O)cc([N+](=O)[O-])c1. The number of nitrogens with zero attached hydrogens (tertiary/aromatic N) is 1. The van der Waals surface area contributed by atoms with Crippen molar-refractivity contribution < 1.29 is 24.4 Å². The second-order valence-electron chi connectivity index (χ2n) is 5.38. The molecule has 0 spiro atoms. The summed E-state index contributed by atoms with van der Waals surface area (Å²) in [4.78, 5) is 33.0. The molecule has 0 aromatic heterocycles. The van der Waals surface area contributed by atoms with Crippen LogP contribution in [0.25, 0.3) is 0 Å². The number of carbonyl (C=O) groups is 2. The quantitative estimate of drug-likeness (QED) is 0.408. The average Bonchev–Trinajstić information content (AvgIpc) is 2.49. The summed E-state index contributed by atoms with van der Waals surface area (Å²) in [5.41, 5.74) is -0.820. The Hall–Kier alpha value is -2.48. The van der Waals surface area contributed by atoms with Gasteiger partial charge in [0.1, 0.15) is 0 Å². The molecule has 0 saturated heterocycles. The number of amides is 1. The summed E-state index contributed by atoms with van der Waals surface area (Å²) in [6, 6.07) is 3.06. The molecule has 126 valence electrons. The van der Waals surface area contributed by atoms with Gasteiger partial charge in [0.2, 0.25) is 0 Å². The molecule has 0 unspecified atom stereocenters. The van der Waals surface area contributed by atoms with Gasteiger partial charge in [0.15, 0.2) is 0 Å². The van der Waals surface area contributed by atoms with Crippen LogP contribution in [-0.4, -0.2) is 41.7 Å². The number of nitro groups is 1. The molecule has 1 rings (SSSR count). The van der Waals surface area contributed by atoms with Gasteiger partial charge in [-0.15, -0.1) is 0 Å². The monoisotopic (exact) mass is 324 g/mol. The molecule has 1 amide bonds. The predicted molar refractivity (Wildman–Crippen MR) is 82.7 cm³/mol. The van der Waals surface area contributed by atoms with Crippen molar-refractivity contribution in [2.75, 3.05) is 19.8 Å². The van der Waals surface area contributed by atoms with Crippen molar-refractivity contribution in [2.24, 2.45) is 5.92 Å². The fourth-order valence-corrected chi connectivity index (χ4v) is 1.73. The molecule has 1 aromatic rings. The maximum atomic E-state index is 12.0. The zero-order valence-corrected chi connectivity index (χ0v) is 13.1. The van der Waals surface area contributed by atoms with Crippen LogP contribution in [0.2, 0.25) is 0 Å². The number of ether oxygens (including phenoxy) is 1. The minimum Gasteiger partial charge on any atom is -0.478 e. The lowest BCUT2D eigenvalue weighted by molar-refractivity contribution is -0.384. The van der Waals surface area contributed by atoms with Crippen LogP contribution in [0.4, 0.5) is 5.69 Å². The first-order valence-corrected chi connectivity index (χ1v) is 7.20. The summed E-state index contributed by atoms with van der Waals surface area (Å²) in [6.45, 7) is 5.30. The molecule has 0 fully saturated rings. The van der Waals surface area contributed by atoms with E-state index in [1.807, 2.05) is 0 Å². The zero-order chi connectivity index (χ0) is 17.4. The lowest BCUT2D eigenvalue weighted by Crippen LogP contribution is -2.27. The lowest BCUT2D eigenvalue weighted by Gasteiger charge is -2.08. The normalized spacial score (nSPS) is 10.6. The van der Waals surface area contributed by atoms with Crippen LogP contribution in [-0.2, 0) is 4.74 Å². The van der Waals surface area contributed by atoms with E-state index >= 15 is 0 Å². The molecule has 0 saturated carbocycles. The number of carboxylic acid groups (broad SMARTS) is 1. The number of nitrogens with one attached hydrogen (secondary N) is 1. The first kappa shape index (κ1) is 18.6. The molecule has 0 aliphatic carbocycles. The van der Waals surface area contributed by atoms with Gasteiger partial charge in [0.25, 0.3) is 11.6 Å². The lowest BCUT2D eigenvalue weighted by atomic mass is 10.1. The van der Waals surface area contributed by atoms with E-state index in [0.29, 0.717) is 19.1 Å². The molecule has 23 heavy (non-hydrogen) atoms. The van der Waals surface area contributed by atoms with Crippen molar-refractivity contribution in [2.45, 2.75) is 20.3 Å². The number of carbonyl (C=O) groups excluding carboxylic acids is 1. The summed E-state index contributed by atoms with van der Waals surface area (Å²) in [7, 11) is 0. The molecular formula is C15H20N2O6. The smallest absolute Gasteiger partial charge is 0.335 e. The molecule has 8 heteroatoms. The molecule has 0 bridgehead atoms. The fraction of sp³-hybridized carbons (Fsp3) is 0.467. The van der Waals surface area contributed by atoms with Crippen LogP contribution in [0, 0.1) is 16.0 Å². The topological polar surface area (TPSA) is 119 Å². The number of hydrogen-bond donors (Lipinski definition) is 2. The van der Waals surface area contributed by atoms with E-state index < -0.39 is 22.5 Å². The maximum absolute atomic E-state index is 12.0. The Morgan fingerprint density at radius 1 is 1.26 bits per heavy atom. The standard InChI is InChI=1S/C15H20N2O6/c1-10(2)3-5-23-6-4-16-14(18)11-7-12(15(19)20)9-13(8-11)17(21)22/h7-10H,3-6H2,1-2H3,(H,16,18)(H,19,20). The van der Waals surface area contributed by atoms with Crippen molar-refractivity contribution >= 4 is 17.6 Å². The summed E-state index contributed by atoms with van der Waals surface area (Å²) in [5.74, 6) is -1.38. The van der Waals surface area contributed by atoms with Gasteiger partial charge in [-0.1, -0.05) is 13.8 Å². The van der Waals surface area contributed by atoms with Gasteiger partial charge in [-0.2, -0.15) is 0 Å². The number of aromatic carboxylic acids is 1. The third kappa shape index (κ3) is 6.43. The molecule has 0 radical (unpaired) electrons. The molecule has 1 aromatic carbocycles. The van der Waals surface area contributed by atoms with Crippen molar-refractivity contribution in [3.63, 3.8) is 0 Å². The number of nitro benzene ring substituents is 1. The second kappa shape index (κ2) is 8.84. The van der Waals surface area contributed by atoms with E-state index in [9.17, 15) is 19.7 Å². The van der Waals surface area contributed by atoms with E-state index in [-0.39, 0.29) is 17.7 Å². The summed E-state index contributed by atoms with van der Waals surface area (Å²) < 4.78 is 5.34. The molecule has 8 nitrogen and oxygen atoms in total. The number of hydrogen-bond acceptors (Lipinski definition) is 5. The Labute approximate surface area is 133 Å². The largest absolute Gasteiger partial charge is 0.478 e. The fourth-order valence-electron chi connectivity index (χ4n) is 1.73. The van der Waals surface area contributed by atoms with Crippen molar-refractivity contribution in [3.8, 4) is 0 Å². The van der Waals surface area contributed by atoms with E-state index in [2.05, 4.69) is 19.2 Å². The number of non-ortho nitro benzene ring substituents is 1. The third-order valence-electron chi connectivity index (χ3n) is 3.01. The molecule has 0 heterocycles. The highest BCUT2D eigenvalue weighted by atomic mass is 16.6. The summed E-state index contributed by atoms with van der Waals surface area (Å²) >= 11 is 0.